The van der Waals surface area contributed by atoms with E-state index >= 15 is 0 Å². The van der Waals surface area contributed by atoms with Gasteiger partial charge in [-0.3, -0.25) is 4.79 Å². The number of carbonyl (C=O) groups is 1. The average molecular weight is 215 g/mol. The molecule has 15 heavy (non-hydrogen) atoms. The van der Waals surface area contributed by atoms with E-state index < -0.39 is 0 Å². The number of hydrogen-bond acceptors (Lipinski definition) is 4. The van der Waals surface area contributed by atoms with Crippen molar-refractivity contribution in [2.75, 3.05) is 26.3 Å². The molecule has 0 aromatic heterocycles. The monoisotopic (exact) mass is 215 g/mol. The SMILES string of the molecule is CCOCC(C)OC(=O)[C@@H]1CCCNC1. The van der Waals surface area contributed by atoms with Gasteiger partial charge in [0.2, 0.25) is 0 Å². The highest BCUT2D eigenvalue weighted by Gasteiger charge is 2.23. The second kappa shape index (κ2) is 6.80. The molecule has 0 aromatic carbocycles. The maximum Gasteiger partial charge on any atom is 0.310 e. The van der Waals surface area contributed by atoms with Crippen LogP contribution in [0.4, 0.5) is 0 Å². The molecular weight excluding hydrogens is 194 g/mol. The van der Waals surface area contributed by atoms with Crippen LogP contribution in [0.3, 0.4) is 0 Å². The predicted octanol–water partition coefficient (Wildman–Crippen LogP) is 0.954. The van der Waals surface area contributed by atoms with Gasteiger partial charge < -0.3 is 14.8 Å². The van der Waals surface area contributed by atoms with Crippen LogP contribution in [-0.4, -0.2) is 38.4 Å². The molecule has 0 saturated carbocycles. The largest absolute Gasteiger partial charge is 0.460 e. The maximum absolute atomic E-state index is 11.7. The molecule has 1 unspecified atom stereocenters. The molecule has 2 atom stereocenters. The Balaban J connectivity index is 2.21. The Morgan fingerprint density at radius 1 is 1.60 bits per heavy atom. The standard InChI is InChI=1S/C11H21NO3/c1-3-14-8-9(2)15-11(13)10-5-4-6-12-7-10/h9-10,12H,3-8H2,1-2H3/t9?,10-/m1/s1. The highest BCUT2D eigenvalue weighted by molar-refractivity contribution is 5.73. The fourth-order valence-corrected chi connectivity index (χ4v) is 1.67. The molecule has 0 aromatic rings. The van der Waals surface area contributed by atoms with Crippen molar-refractivity contribution in [3.8, 4) is 0 Å². The summed E-state index contributed by atoms with van der Waals surface area (Å²) in [6.07, 6.45) is 1.85. The van der Waals surface area contributed by atoms with E-state index in [-0.39, 0.29) is 18.0 Å². The highest BCUT2D eigenvalue weighted by Crippen LogP contribution is 2.12. The minimum atomic E-state index is -0.139. The minimum absolute atomic E-state index is 0.0304. The molecule has 1 heterocycles. The van der Waals surface area contributed by atoms with Gasteiger partial charge in [0.05, 0.1) is 12.5 Å². The predicted molar refractivity (Wildman–Crippen MR) is 57.6 cm³/mol. The quantitative estimate of drug-likeness (QED) is 0.694. The van der Waals surface area contributed by atoms with Crippen molar-refractivity contribution < 1.29 is 14.3 Å². The number of ether oxygens (including phenoxy) is 2. The van der Waals surface area contributed by atoms with Gasteiger partial charge in [0.25, 0.3) is 0 Å². The molecule has 0 aliphatic carbocycles. The summed E-state index contributed by atoms with van der Waals surface area (Å²) in [7, 11) is 0. The third kappa shape index (κ3) is 4.62. The number of hydrogen-bond donors (Lipinski definition) is 1. The van der Waals surface area contributed by atoms with Gasteiger partial charge in [0.15, 0.2) is 0 Å². The molecule has 1 N–H and O–H groups in total. The lowest BCUT2D eigenvalue weighted by Crippen LogP contribution is -2.37. The number of carbonyl (C=O) groups excluding carboxylic acids is 1. The Morgan fingerprint density at radius 3 is 3.00 bits per heavy atom. The van der Waals surface area contributed by atoms with Gasteiger partial charge in [0.1, 0.15) is 6.10 Å². The second-order valence-corrected chi connectivity index (χ2v) is 3.95. The Morgan fingerprint density at radius 2 is 2.40 bits per heavy atom. The number of piperidine rings is 1. The molecule has 1 aliphatic rings. The minimum Gasteiger partial charge on any atom is -0.460 e. The first-order valence-corrected chi connectivity index (χ1v) is 5.73. The van der Waals surface area contributed by atoms with Gasteiger partial charge in [-0.2, -0.15) is 0 Å². The van der Waals surface area contributed by atoms with Gasteiger partial charge in [0, 0.05) is 13.2 Å². The van der Waals surface area contributed by atoms with Crippen molar-refractivity contribution in [1.29, 1.82) is 0 Å². The lowest BCUT2D eigenvalue weighted by atomic mass is 10.00. The van der Waals surface area contributed by atoms with Crippen molar-refractivity contribution in [1.82, 2.24) is 5.32 Å². The molecule has 1 rings (SSSR count). The van der Waals surface area contributed by atoms with Crippen molar-refractivity contribution in [3.05, 3.63) is 0 Å². The van der Waals surface area contributed by atoms with Crippen LogP contribution in [-0.2, 0) is 14.3 Å². The lowest BCUT2D eigenvalue weighted by molar-refractivity contribution is -0.156. The van der Waals surface area contributed by atoms with E-state index in [2.05, 4.69) is 5.32 Å². The fourth-order valence-electron chi connectivity index (χ4n) is 1.67. The summed E-state index contributed by atoms with van der Waals surface area (Å²) in [5.74, 6) is -0.0581. The van der Waals surface area contributed by atoms with E-state index in [1.807, 2.05) is 13.8 Å². The summed E-state index contributed by atoms with van der Waals surface area (Å²) < 4.78 is 10.5. The Bertz CT molecular complexity index is 190. The van der Waals surface area contributed by atoms with E-state index in [0.29, 0.717) is 13.2 Å². The normalized spacial score (nSPS) is 23.5. The van der Waals surface area contributed by atoms with Crippen molar-refractivity contribution in [2.45, 2.75) is 32.8 Å². The van der Waals surface area contributed by atoms with E-state index in [0.717, 1.165) is 25.9 Å². The number of nitrogens with one attached hydrogen (secondary N) is 1. The molecule has 1 aliphatic heterocycles. The van der Waals surface area contributed by atoms with Gasteiger partial charge in [-0.1, -0.05) is 0 Å². The zero-order valence-corrected chi connectivity index (χ0v) is 9.62. The van der Waals surface area contributed by atoms with Gasteiger partial charge in [-0.05, 0) is 33.2 Å². The summed E-state index contributed by atoms with van der Waals surface area (Å²) in [4.78, 5) is 11.7. The molecule has 0 amide bonds. The highest BCUT2D eigenvalue weighted by atomic mass is 16.6. The Kier molecular flexibility index (Phi) is 5.65. The summed E-state index contributed by atoms with van der Waals surface area (Å²) in [6.45, 7) is 6.71. The summed E-state index contributed by atoms with van der Waals surface area (Å²) in [5, 5.41) is 3.20. The Hall–Kier alpha value is -0.610. The molecule has 4 nitrogen and oxygen atoms in total. The molecular formula is C11H21NO3. The van der Waals surface area contributed by atoms with Crippen LogP contribution in [0.15, 0.2) is 0 Å². The average Bonchev–Trinajstić information content (AvgIpc) is 2.27. The number of esters is 1. The van der Waals surface area contributed by atoms with Crippen LogP contribution >= 0.6 is 0 Å². The van der Waals surface area contributed by atoms with Crippen molar-refractivity contribution in [2.24, 2.45) is 5.92 Å². The molecule has 1 fully saturated rings. The third-order valence-corrected chi connectivity index (χ3v) is 2.50. The van der Waals surface area contributed by atoms with Crippen LogP contribution < -0.4 is 5.32 Å². The van der Waals surface area contributed by atoms with E-state index in [1.165, 1.54) is 0 Å². The Labute approximate surface area is 91.3 Å². The van der Waals surface area contributed by atoms with Crippen molar-refractivity contribution in [3.63, 3.8) is 0 Å². The first-order chi connectivity index (χ1) is 7.24. The van der Waals surface area contributed by atoms with E-state index in [9.17, 15) is 4.79 Å². The van der Waals surface area contributed by atoms with Crippen LogP contribution in [0, 0.1) is 5.92 Å². The smallest absolute Gasteiger partial charge is 0.310 e. The molecule has 88 valence electrons. The van der Waals surface area contributed by atoms with Crippen LogP contribution in [0.5, 0.6) is 0 Å². The zero-order chi connectivity index (χ0) is 11.1. The van der Waals surface area contributed by atoms with Gasteiger partial charge >= 0.3 is 5.97 Å². The molecule has 0 spiro atoms. The zero-order valence-electron chi connectivity index (χ0n) is 9.62. The first kappa shape index (κ1) is 12.5. The van der Waals surface area contributed by atoms with E-state index in [4.69, 9.17) is 9.47 Å². The summed E-state index contributed by atoms with van der Waals surface area (Å²) in [6, 6.07) is 0. The molecule has 1 saturated heterocycles. The number of rotatable bonds is 5. The van der Waals surface area contributed by atoms with Crippen molar-refractivity contribution >= 4 is 5.97 Å². The molecule has 0 radical (unpaired) electrons. The summed E-state index contributed by atoms with van der Waals surface area (Å²) in [5.41, 5.74) is 0. The van der Waals surface area contributed by atoms with Crippen LogP contribution in [0.25, 0.3) is 0 Å². The van der Waals surface area contributed by atoms with E-state index in [1.54, 1.807) is 0 Å². The van der Waals surface area contributed by atoms with Gasteiger partial charge in [-0.15, -0.1) is 0 Å². The third-order valence-electron chi connectivity index (χ3n) is 2.50. The molecule has 0 bridgehead atoms. The summed E-state index contributed by atoms with van der Waals surface area (Å²) >= 11 is 0. The maximum atomic E-state index is 11.7. The topological polar surface area (TPSA) is 47.6 Å². The van der Waals surface area contributed by atoms with Crippen LogP contribution in [0.1, 0.15) is 26.7 Å². The second-order valence-electron chi connectivity index (χ2n) is 3.95. The first-order valence-electron chi connectivity index (χ1n) is 5.73. The lowest BCUT2D eigenvalue weighted by Gasteiger charge is -2.23. The van der Waals surface area contributed by atoms with Gasteiger partial charge in [-0.25, -0.2) is 0 Å². The van der Waals surface area contributed by atoms with Crippen LogP contribution in [0.2, 0.25) is 0 Å². The molecule has 4 heteroatoms. The fraction of sp³-hybridized carbons (Fsp3) is 0.909.